The molecule has 1 aromatic rings. The van der Waals surface area contributed by atoms with Crippen LogP contribution < -0.4 is 5.32 Å². The Morgan fingerprint density at radius 1 is 1.31 bits per heavy atom. The SMILES string of the molecule is CC1(NC(=O)c2ccccc2Br)CCCC1. The molecule has 0 unspecified atom stereocenters. The quantitative estimate of drug-likeness (QED) is 0.883. The molecule has 0 spiro atoms. The molecule has 0 atom stereocenters. The highest BCUT2D eigenvalue weighted by Crippen LogP contribution is 2.29. The predicted molar refractivity (Wildman–Crippen MR) is 68.5 cm³/mol. The van der Waals surface area contributed by atoms with E-state index in [1.807, 2.05) is 24.3 Å². The van der Waals surface area contributed by atoms with Crippen molar-refractivity contribution < 1.29 is 4.79 Å². The van der Waals surface area contributed by atoms with E-state index < -0.39 is 0 Å². The zero-order valence-corrected chi connectivity index (χ0v) is 11.0. The zero-order chi connectivity index (χ0) is 11.6. The Hall–Kier alpha value is -0.830. The minimum atomic E-state index is -0.00757. The molecule has 0 aliphatic heterocycles. The fourth-order valence-corrected chi connectivity index (χ4v) is 2.73. The summed E-state index contributed by atoms with van der Waals surface area (Å²) in [5.74, 6) is 0.0249. The molecule has 0 radical (unpaired) electrons. The second-order valence-electron chi connectivity index (χ2n) is 4.70. The molecule has 0 heterocycles. The number of hydrogen-bond donors (Lipinski definition) is 1. The van der Waals surface area contributed by atoms with Gasteiger partial charge in [-0.25, -0.2) is 0 Å². The molecule has 0 bridgehead atoms. The summed E-state index contributed by atoms with van der Waals surface area (Å²) in [6.45, 7) is 2.13. The van der Waals surface area contributed by atoms with Gasteiger partial charge in [-0.1, -0.05) is 25.0 Å². The third kappa shape index (κ3) is 2.46. The smallest absolute Gasteiger partial charge is 0.252 e. The second-order valence-corrected chi connectivity index (χ2v) is 5.56. The van der Waals surface area contributed by atoms with E-state index in [4.69, 9.17) is 0 Å². The van der Waals surface area contributed by atoms with Crippen LogP contribution >= 0.6 is 15.9 Å². The van der Waals surface area contributed by atoms with Crippen molar-refractivity contribution in [2.45, 2.75) is 38.1 Å². The normalized spacial score (nSPS) is 18.4. The number of halogens is 1. The summed E-state index contributed by atoms with van der Waals surface area (Å²) in [7, 11) is 0. The molecule has 1 fully saturated rings. The van der Waals surface area contributed by atoms with Crippen LogP contribution in [-0.4, -0.2) is 11.4 Å². The average Bonchev–Trinajstić information content (AvgIpc) is 2.65. The van der Waals surface area contributed by atoms with Crippen LogP contribution in [0.25, 0.3) is 0 Å². The third-order valence-corrected chi connectivity index (χ3v) is 3.93. The first-order valence-electron chi connectivity index (χ1n) is 5.68. The highest BCUT2D eigenvalue weighted by atomic mass is 79.9. The van der Waals surface area contributed by atoms with Crippen LogP contribution in [0, 0.1) is 0 Å². The van der Waals surface area contributed by atoms with E-state index >= 15 is 0 Å². The highest BCUT2D eigenvalue weighted by molar-refractivity contribution is 9.10. The fourth-order valence-electron chi connectivity index (χ4n) is 2.27. The van der Waals surface area contributed by atoms with Crippen molar-refractivity contribution in [3.8, 4) is 0 Å². The Balaban J connectivity index is 2.11. The van der Waals surface area contributed by atoms with Crippen molar-refractivity contribution in [1.29, 1.82) is 0 Å². The van der Waals surface area contributed by atoms with Crippen LogP contribution in [0.1, 0.15) is 43.0 Å². The molecule has 1 aliphatic rings. The average molecular weight is 282 g/mol. The van der Waals surface area contributed by atoms with Crippen molar-refractivity contribution in [3.63, 3.8) is 0 Å². The molecule has 86 valence electrons. The van der Waals surface area contributed by atoms with Gasteiger partial charge in [0.2, 0.25) is 0 Å². The second kappa shape index (κ2) is 4.58. The molecular formula is C13H16BrNO. The van der Waals surface area contributed by atoms with E-state index in [0.29, 0.717) is 0 Å². The summed E-state index contributed by atoms with van der Waals surface area (Å²) in [5.41, 5.74) is 0.711. The number of carbonyl (C=O) groups excluding carboxylic acids is 1. The molecule has 3 heteroatoms. The number of amides is 1. The molecule has 1 N–H and O–H groups in total. The highest BCUT2D eigenvalue weighted by Gasteiger charge is 2.30. The molecule has 2 rings (SSSR count). The molecule has 1 amide bonds. The molecule has 1 aliphatic carbocycles. The lowest BCUT2D eigenvalue weighted by Gasteiger charge is -2.25. The Morgan fingerprint density at radius 2 is 1.94 bits per heavy atom. The Morgan fingerprint density at radius 3 is 2.56 bits per heavy atom. The van der Waals surface area contributed by atoms with Gasteiger partial charge < -0.3 is 5.32 Å². The van der Waals surface area contributed by atoms with Crippen LogP contribution in [-0.2, 0) is 0 Å². The van der Waals surface area contributed by atoms with E-state index in [2.05, 4.69) is 28.2 Å². The van der Waals surface area contributed by atoms with E-state index in [9.17, 15) is 4.79 Å². The van der Waals surface area contributed by atoms with Gasteiger partial charge in [0.15, 0.2) is 0 Å². The van der Waals surface area contributed by atoms with Crippen LogP contribution in [0.15, 0.2) is 28.7 Å². The first kappa shape index (κ1) is 11.6. The fraction of sp³-hybridized carbons (Fsp3) is 0.462. The first-order valence-corrected chi connectivity index (χ1v) is 6.47. The van der Waals surface area contributed by atoms with E-state index in [-0.39, 0.29) is 11.4 Å². The van der Waals surface area contributed by atoms with Gasteiger partial charge in [0.25, 0.3) is 5.91 Å². The van der Waals surface area contributed by atoms with Gasteiger partial charge in [0.05, 0.1) is 5.56 Å². The van der Waals surface area contributed by atoms with Crippen LogP contribution in [0.4, 0.5) is 0 Å². The molecule has 0 aromatic heterocycles. The molecule has 1 aromatic carbocycles. The topological polar surface area (TPSA) is 29.1 Å². The van der Waals surface area contributed by atoms with Crippen molar-refractivity contribution in [1.82, 2.24) is 5.32 Å². The predicted octanol–water partition coefficient (Wildman–Crippen LogP) is 3.51. The first-order chi connectivity index (χ1) is 7.61. The summed E-state index contributed by atoms with van der Waals surface area (Å²) in [5, 5.41) is 3.14. The maximum atomic E-state index is 12.1. The molecule has 0 saturated heterocycles. The van der Waals surface area contributed by atoms with Gasteiger partial charge in [0, 0.05) is 10.0 Å². The molecule has 1 saturated carbocycles. The number of carbonyl (C=O) groups is 1. The summed E-state index contributed by atoms with van der Waals surface area (Å²) in [4.78, 5) is 12.1. The molecule has 2 nitrogen and oxygen atoms in total. The number of nitrogens with one attached hydrogen (secondary N) is 1. The molecule has 16 heavy (non-hydrogen) atoms. The Kier molecular flexibility index (Phi) is 3.33. The number of hydrogen-bond acceptors (Lipinski definition) is 1. The van der Waals surface area contributed by atoms with Gasteiger partial charge in [0.1, 0.15) is 0 Å². The van der Waals surface area contributed by atoms with Crippen LogP contribution in [0.2, 0.25) is 0 Å². The third-order valence-electron chi connectivity index (χ3n) is 3.24. The maximum absolute atomic E-state index is 12.1. The van der Waals surface area contributed by atoms with Gasteiger partial charge in [-0.15, -0.1) is 0 Å². The minimum absolute atomic E-state index is 0.00757. The molecular weight excluding hydrogens is 266 g/mol. The summed E-state index contributed by atoms with van der Waals surface area (Å²) >= 11 is 3.40. The minimum Gasteiger partial charge on any atom is -0.347 e. The lowest BCUT2D eigenvalue weighted by molar-refractivity contribution is 0.0907. The van der Waals surface area contributed by atoms with Gasteiger partial charge in [-0.05, 0) is 47.8 Å². The van der Waals surface area contributed by atoms with Gasteiger partial charge in [-0.3, -0.25) is 4.79 Å². The van der Waals surface area contributed by atoms with Crippen molar-refractivity contribution in [2.75, 3.05) is 0 Å². The Bertz CT molecular complexity index is 397. The lowest BCUT2D eigenvalue weighted by Crippen LogP contribution is -2.43. The van der Waals surface area contributed by atoms with Crippen LogP contribution in [0.5, 0.6) is 0 Å². The number of benzene rings is 1. The van der Waals surface area contributed by atoms with Crippen molar-refractivity contribution in [3.05, 3.63) is 34.3 Å². The standard InChI is InChI=1S/C13H16BrNO/c1-13(8-4-5-9-13)15-12(16)10-6-2-3-7-11(10)14/h2-3,6-7H,4-5,8-9H2,1H3,(H,15,16). The van der Waals surface area contributed by atoms with Crippen LogP contribution in [0.3, 0.4) is 0 Å². The van der Waals surface area contributed by atoms with E-state index in [1.54, 1.807) is 0 Å². The summed E-state index contributed by atoms with van der Waals surface area (Å²) in [6.07, 6.45) is 4.60. The largest absolute Gasteiger partial charge is 0.347 e. The number of rotatable bonds is 2. The zero-order valence-electron chi connectivity index (χ0n) is 9.42. The monoisotopic (exact) mass is 281 g/mol. The van der Waals surface area contributed by atoms with Crippen molar-refractivity contribution >= 4 is 21.8 Å². The van der Waals surface area contributed by atoms with Crippen molar-refractivity contribution in [2.24, 2.45) is 0 Å². The maximum Gasteiger partial charge on any atom is 0.252 e. The Labute approximate surface area is 105 Å². The van der Waals surface area contributed by atoms with Gasteiger partial charge in [-0.2, -0.15) is 0 Å². The van der Waals surface area contributed by atoms with E-state index in [0.717, 1.165) is 22.9 Å². The lowest BCUT2D eigenvalue weighted by atomic mass is 10.00. The summed E-state index contributed by atoms with van der Waals surface area (Å²) in [6, 6.07) is 7.54. The summed E-state index contributed by atoms with van der Waals surface area (Å²) < 4.78 is 0.856. The van der Waals surface area contributed by atoms with Gasteiger partial charge >= 0.3 is 0 Å². The van der Waals surface area contributed by atoms with E-state index in [1.165, 1.54) is 12.8 Å².